The van der Waals surface area contributed by atoms with E-state index in [2.05, 4.69) is 28.7 Å². The van der Waals surface area contributed by atoms with Gasteiger partial charge in [0.25, 0.3) is 0 Å². The van der Waals surface area contributed by atoms with Gasteiger partial charge in [0.2, 0.25) is 0 Å². The molecule has 1 saturated carbocycles. The van der Waals surface area contributed by atoms with Crippen molar-refractivity contribution in [2.24, 2.45) is 10.9 Å². The maximum Gasteiger partial charge on any atom is 0.165 e. The molecule has 3 atom stereocenters. The molecule has 1 saturated heterocycles. The lowest BCUT2D eigenvalue weighted by Gasteiger charge is -2.32. The van der Waals surface area contributed by atoms with Gasteiger partial charge in [-0.3, -0.25) is 0 Å². The van der Waals surface area contributed by atoms with Gasteiger partial charge in [0.05, 0.1) is 7.11 Å². The van der Waals surface area contributed by atoms with E-state index in [9.17, 15) is 4.39 Å². The Hall–Kier alpha value is -1.92. The molecule has 29 heavy (non-hydrogen) atoms. The number of hydrogen-bond acceptors (Lipinski definition) is 5. The highest BCUT2D eigenvalue weighted by atomic mass is 19.1. The third-order valence-corrected chi connectivity index (χ3v) is 6.62. The summed E-state index contributed by atoms with van der Waals surface area (Å²) in [5, 5.41) is 7.14. The molecular formula is C23H33FN4O. The summed E-state index contributed by atoms with van der Waals surface area (Å²) < 4.78 is 18.8. The van der Waals surface area contributed by atoms with Crippen LogP contribution in [0.4, 0.5) is 4.39 Å². The Balaban J connectivity index is 1.32. The summed E-state index contributed by atoms with van der Waals surface area (Å²) in [7, 11) is 1.51. The van der Waals surface area contributed by atoms with Gasteiger partial charge in [0.1, 0.15) is 5.84 Å². The topological polar surface area (TPSA) is 48.9 Å². The normalized spacial score (nSPS) is 26.1. The molecule has 0 unspecified atom stereocenters. The number of nitrogens with one attached hydrogen (secondary N) is 2. The average molecular weight is 401 g/mol. The highest BCUT2D eigenvalue weighted by Crippen LogP contribution is 2.36. The SMILES string of the molecule is COc1cc([C@@H](C)N[C@H]2CC[C@@H](C3=CN=C(N4CCNCC4)CC3)C2)ccc1F. The monoisotopic (exact) mass is 400 g/mol. The lowest BCUT2D eigenvalue weighted by Crippen LogP contribution is -2.46. The first kappa shape index (κ1) is 20.4. The zero-order valence-electron chi connectivity index (χ0n) is 17.6. The van der Waals surface area contributed by atoms with Crippen LogP contribution in [-0.4, -0.2) is 50.1 Å². The van der Waals surface area contributed by atoms with Gasteiger partial charge >= 0.3 is 0 Å². The number of nitrogens with zero attached hydrogens (tertiary/aromatic N) is 2. The zero-order chi connectivity index (χ0) is 20.2. The van der Waals surface area contributed by atoms with Gasteiger partial charge in [-0.15, -0.1) is 0 Å². The molecule has 6 heteroatoms. The highest BCUT2D eigenvalue weighted by Gasteiger charge is 2.30. The van der Waals surface area contributed by atoms with Crippen LogP contribution >= 0.6 is 0 Å². The smallest absolute Gasteiger partial charge is 0.165 e. The molecule has 1 aliphatic carbocycles. The fourth-order valence-electron chi connectivity index (χ4n) is 4.88. The Bertz CT molecular complexity index is 772. The van der Waals surface area contributed by atoms with Crippen molar-refractivity contribution in [1.82, 2.24) is 15.5 Å². The Kier molecular flexibility index (Phi) is 6.50. The van der Waals surface area contributed by atoms with Crippen LogP contribution in [0.2, 0.25) is 0 Å². The average Bonchev–Trinajstić information content (AvgIpc) is 3.23. The molecule has 0 radical (unpaired) electrons. The van der Waals surface area contributed by atoms with Crippen molar-refractivity contribution in [2.75, 3.05) is 33.3 Å². The summed E-state index contributed by atoms with van der Waals surface area (Å²) in [5.41, 5.74) is 2.58. The number of benzene rings is 1. The summed E-state index contributed by atoms with van der Waals surface area (Å²) in [4.78, 5) is 7.25. The van der Waals surface area contributed by atoms with Crippen LogP contribution in [0.3, 0.4) is 0 Å². The molecule has 4 rings (SSSR count). The number of piperazine rings is 1. The van der Waals surface area contributed by atoms with Crippen molar-refractivity contribution in [3.05, 3.63) is 41.4 Å². The van der Waals surface area contributed by atoms with Gasteiger partial charge in [0, 0.05) is 50.9 Å². The van der Waals surface area contributed by atoms with E-state index < -0.39 is 0 Å². The maximum absolute atomic E-state index is 13.7. The largest absolute Gasteiger partial charge is 0.494 e. The summed E-state index contributed by atoms with van der Waals surface area (Å²) >= 11 is 0. The molecule has 1 aromatic carbocycles. The molecular weight excluding hydrogens is 367 g/mol. The van der Waals surface area contributed by atoms with E-state index in [1.54, 1.807) is 6.07 Å². The van der Waals surface area contributed by atoms with Gasteiger partial charge < -0.3 is 20.3 Å². The van der Waals surface area contributed by atoms with Gasteiger partial charge in [-0.05, 0) is 61.8 Å². The fraction of sp³-hybridized carbons (Fsp3) is 0.609. The molecule has 2 fully saturated rings. The van der Waals surface area contributed by atoms with E-state index in [1.807, 2.05) is 6.07 Å². The van der Waals surface area contributed by atoms with Crippen molar-refractivity contribution >= 4 is 5.84 Å². The molecule has 0 bridgehead atoms. The van der Waals surface area contributed by atoms with Crippen LogP contribution in [0.5, 0.6) is 5.75 Å². The van der Waals surface area contributed by atoms with Crippen LogP contribution in [0.25, 0.3) is 0 Å². The molecule has 0 amide bonds. The van der Waals surface area contributed by atoms with Gasteiger partial charge in [0.15, 0.2) is 11.6 Å². The minimum Gasteiger partial charge on any atom is -0.494 e. The first-order valence-corrected chi connectivity index (χ1v) is 10.9. The van der Waals surface area contributed by atoms with Gasteiger partial charge in [-0.25, -0.2) is 9.38 Å². The predicted octanol–water partition coefficient (Wildman–Crippen LogP) is 3.64. The van der Waals surface area contributed by atoms with E-state index in [0.717, 1.165) is 51.0 Å². The second kappa shape index (κ2) is 9.26. The molecule has 5 nitrogen and oxygen atoms in total. The summed E-state index contributed by atoms with van der Waals surface area (Å²) in [5.74, 6) is 1.90. The van der Waals surface area contributed by atoms with E-state index in [4.69, 9.17) is 9.73 Å². The number of allylic oxidation sites excluding steroid dienone is 1. The van der Waals surface area contributed by atoms with Crippen LogP contribution in [0.15, 0.2) is 35.0 Å². The lowest BCUT2D eigenvalue weighted by molar-refractivity contribution is 0.349. The maximum atomic E-state index is 13.7. The number of ether oxygens (including phenoxy) is 1. The molecule has 158 valence electrons. The first-order valence-electron chi connectivity index (χ1n) is 10.9. The Labute approximate surface area is 173 Å². The number of hydrogen-bond donors (Lipinski definition) is 2. The molecule has 3 aliphatic rings. The standard InChI is InChI=1S/C23H33FN4O/c1-16(17-4-7-21(24)22(14-17)29-2)27-20-6-3-18(13-20)19-5-8-23(26-15-19)28-11-9-25-10-12-28/h4,7,14-16,18,20,25,27H,3,5-6,8-13H2,1-2H3/t16-,18-,20+/m1/s1. The highest BCUT2D eigenvalue weighted by molar-refractivity contribution is 5.84. The van der Waals surface area contributed by atoms with Crippen molar-refractivity contribution in [3.8, 4) is 5.75 Å². The molecule has 1 aromatic rings. The van der Waals surface area contributed by atoms with Crippen molar-refractivity contribution in [3.63, 3.8) is 0 Å². The number of aliphatic imine (C=N–C) groups is 1. The van der Waals surface area contributed by atoms with E-state index >= 15 is 0 Å². The Morgan fingerprint density at radius 3 is 2.79 bits per heavy atom. The van der Waals surface area contributed by atoms with E-state index in [1.165, 1.54) is 37.4 Å². The number of amidine groups is 1. The van der Waals surface area contributed by atoms with Crippen molar-refractivity contribution in [1.29, 1.82) is 0 Å². The molecule has 0 aromatic heterocycles. The summed E-state index contributed by atoms with van der Waals surface area (Å²) in [6.07, 6.45) is 7.94. The first-order chi connectivity index (χ1) is 14.1. The summed E-state index contributed by atoms with van der Waals surface area (Å²) in [6.45, 7) is 6.41. The van der Waals surface area contributed by atoms with Crippen LogP contribution in [0, 0.1) is 11.7 Å². The van der Waals surface area contributed by atoms with E-state index in [-0.39, 0.29) is 11.9 Å². The van der Waals surface area contributed by atoms with Crippen LogP contribution in [-0.2, 0) is 0 Å². The Morgan fingerprint density at radius 1 is 1.24 bits per heavy atom. The number of rotatable bonds is 5. The second-order valence-electron chi connectivity index (χ2n) is 8.48. The number of methoxy groups -OCH3 is 1. The van der Waals surface area contributed by atoms with E-state index in [0.29, 0.717) is 17.7 Å². The quantitative estimate of drug-likeness (QED) is 0.792. The lowest BCUT2D eigenvalue weighted by atomic mass is 9.92. The minimum absolute atomic E-state index is 0.172. The minimum atomic E-state index is -0.311. The molecule has 2 aliphatic heterocycles. The van der Waals surface area contributed by atoms with Crippen molar-refractivity contribution < 1.29 is 9.13 Å². The zero-order valence-corrected chi connectivity index (χ0v) is 17.6. The fourth-order valence-corrected chi connectivity index (χ4v) is 4.88. The Morgan fingerprint density at radius 2 is 2.07 bits per heavy atom. The third kappa shape index (κ3) is 4.81. The molecule has 2 heterocycles. The second-order valence-corrected chi connectivity index (χ2v) is 8.48. The molecule has 0 spiro atoms. The molecule has 2 N–H and O–H groups in total. The van der Waals surface area contributed by atoms with Crippen LogP contribution in [0.1, 0.15) is 50.6 Å². The van der Waals surface area contributed by atoms with Crippen molar-refractivity contribution in [2.45, 2.75) is 51.1 Å². The third-order valence-electron chi connectivity index (χ3n) is 6.62. The number of halogens is 1. The summed E-state index contributed by atoms with van der Waals surface area (Å²) in [6, 6.07) is 5.80. The van der Waals surface area contributed by atoms with Crippen LogP contribution < -0.4 is 15.4 Å². The van der Waals surface area contributed by atoms with Gasteiger partial charge in [-0.1, -0.05) is 6.07 Å². The predicted molar refractivity (Wildman–Crippen MR) is 115 cm³/mol. The van der Waals surface area contributed by atoms with Gasteiger partial charge in [-0.2, -0.15) is 0 Å².